The number of thiophene rings is 1. The van der Waals surface area contributed by atoms with Gasteiger partial charge in [-0.25, -0.2) is 0 Å². The van der Waals surface area contributed by atoms with Crippen molar-refractivity contribution in [3.05, 3.63) is 53.2 Å². The summed E-state index contributed by atoms with van der Waals surface area (Å²) in [5, 5.41) is 13.9. The number of H-pyrrole nitrogens is 1. The van der Waals surface area contributed by atoms with Gasteiger partial charge < -0.3 is 5.32 Å². The second-order valence-corrected chi connectivity index (χ2v) is 4.83. The Labute approximate surface area is 103 Å². The molecule has 3 nitrogen and oxygen atoms in total. The first kappa shape index (κ1) is 10.5. The van der Waals surface area contributed by atoms with E-state index in [1.54, 1.807) is 17.5 Å². The third kappa shape index (κ3) is 1.75. The van der Waals surface area contributed by atoms with Crippen LogP contribution in [0.1, 0.15) is 17.3 Å². The third-order valence-corrected chi connectivity index (χ3v) is 3.93. The highest BCUT2D eigenvalue weighted by atomic mass is 32.1. The van der Waals surface area contributed by atoms with Gasteiger partial charge in [0, 0.05) is 10.9 Å². The van der Waals surface area contributed by atoms with Gasteiger partial charge in [-0.15, -0.1) is 11.3 Å². The lowest BCUT2D eigenvalue weighted by Crippen LogP contribution is -2.17. The number of rotatable bonds is 3. The van der Waals surface area contributed by atoms with E-state index in [-0.39, 0.29) is 6.04 Å². The summed E-state index contributed by atoms with van der Waals surface area (Å²) < 4.78 is 1.32. The van der Waals surface area contributed by atoms with Crippen LogP contribution in [0.3, 0.4) is 0 Å². The van der Waals surface area contributed by atoms with Gasteiger partial charge >= 0.3 is 0 Å². The summed E-state index contributed by atoms with van der Waals surface area (Å²) >= 11 is 1.78. The predicted octanol–water partition coefficient (Wildman–Crippen LogP) is 2.93. The van der Waals surface area contributed by atoms with E-state index in [0.717, 1.165) is 5.69 Å². The summed E-state index contributed by atoms with van der Waals surface area (Å²) in [4.78, 5) is 0. The fraction of sp³-hybridized carbons (Fsp3) is 0.154. The monoisotopic (exact) mass is 243 g/mol. The zero-order valence-electron chi connectivity index (χ0n) is 9.47. The summed E-state index contributed by atoms with van der Waals surface area (Å²) in [5.41, 5.74) is 2.40. The molecule has 3 aromatic rings. The summed E-state index contributed by atoms with van der Waals surface area (Å²) in [6, 6.07) is 10.7. The Morgan fingerprint density at radius 1 is 1.29 bits per heavy atom. The van der Waals surface area contributed by atoms with Gasteiger partial charge in [0.1, 0.15) is 0 Å². The second-order valence-electron chi connectivity index (χ2n) is 3.92. The molecule has 0 saturated carbocycles. The lowest BCUT2D eigenvalue weighted by molar-refractivity contribution is 0.674. The number of aromatic nitrogens is 2. The molecule has 0 aliphatic heterocycles. The minimum atomic E-state index is 0.175. The van der Waals surface area contributed by atoms with Crippen molar-refractivity contribution in [3.63, 3.8) is 0 Å². The van der Waals surface area contributed by atoms with E-state index in [9.17, 15) is 0 Å². The van der Waals surface area contributed by atoms with E-state index < -0.39 is 0 Å². The van der Waals surface area contributed by atoms with Crippen molar-refractivity contribution in [2.45, 2.75) is 6.04 Å². The molecule has 2 heterocycles. The van der Waals surface area contributed by atoms with Crippen LogP contribution in [0.5, 0.6) is 0 Å². The van der Waals surface area contributed by atoms with Crippen LogP contribution in [0, 0.1) is 0 Å². The van der Waals surface area contributed by atoms with Crippen molar-refractivity contribution in [1.82, 2.24) is 15.5 Å². The van der Waals surface area contributed by atoms with Gasteiger partial charge in [0.15, 0.2) is 0 Å². The van der Waals surface area contributed by atoms with Crippen molar-refractivity contribution in [2.24, 2.45) is 0 Å². The Kier molecular flexibility index (Phi) is 2.66. The Morgan fingerprint density at radius 3 is 2.94 bits per heavy atom. The first-order chi connectivity index (χ1) is 8.40. The van der Waals surface area contributed by atoms with Gasteiger partial charge in [-0.1, -0.05) is 18.2 Å². The van der Waals surface area contributed by atoms with Crippen LogP contribution >= 0.6 is 11.3 Å². The number of fused-ring (bicyclic) bond motifs is 1. The quantitative estimate of drug-likeness (QED) is 0.742. The first-order valence-corrected chi connectivity index (χ1v) is 6.41. The van der Waals surface area contributed by atoms with Crippen molar-refractivity contribution >= 4 is 21.4 Å². The highest BCUT2D eigenvalue weighted by Gasteiger charge is 2.16. The number of nitrogens with one attached hydrogen (secondary N) is 2. The number of nitrogens with zero attached hydrogens (tertiary/aromatic N) is 1. The lowest BCUT2D eigenvalue weighted by Gasteiger charge is -2.13. The molecule has 4 heteroatoms. The smallest absolute Gasteiger partial charge is 0.0757 e. The number of hydrogen-bond donors (Lipinski definition) is 2. The Morgan fingerprint density at radius 2 is 2.18 bits per heavy atom. The summed E-state index contributed by atoms with van der Waals surface area (Å²) in [5.74, 6) is 0. The average molecular weight is 243 g/mol. The molecule has 0 aliphatic carbocycles. The molecule has 0 radical (unpaired) electrons. The van der Waals surface area contributed by atoms with E-state index in [2.05, 4.69) is 45.2 Å². The van der Waals surface area contributed by atoms with E-state index in [0.29, 0.717) is 0 Å². The van der Waals surface area contributed by atoms with Gasteiger partial charge in [0.2, 0.25) is 0 Å². The topological polar surface area (TPSA) is 40.7 Å². The minimum Gasteiger partial charge on any atom is -0.308 e. The molecular weight excluding hydrogens is 230 g/mol. The van der Waals surface area contributed by atoms with Crippen molar-refractivity contribution in [3.8, 4) is 0 Å². The molecule has 0 amide bonds. The molecule has 2 N–H and O–H groups in total. The number of hydrogen-bond acceptors (Lipinski definition) is 3. The van der Waals surface area contributed by atoms with Crippen molar-refractivity contribution < 1.29 is 0 Å². The molecule has 0 aliphatic rings. The lowest BCUT2D eigenvalue weighted by atomic mass is 10.0. The maximum atomic E-state index is 4.02. The second kappa shape index (κ2) is 4.31. The zero-order chi connectivity index (χ0) is 11.7. The van der Waals surface area contributed by atoms with E-state index in [4.69, 9.17) is 0 Å². The van der Waals surface area contributed by atoms with Crippen LogP contribution in [-0.2, 0) is 0 Å². The molecule has 0 saturated heterocycles. The fourth-order valence-electron chi connectivity index (χ4n) is 2.13. The summed E-state index contributed by atoms with van der Waals surface area (Å²) in [6.07, 6.45) is 1.79. The van der Waals surface area contributed by atoms with Crippen LogP contribution in [0.25, 0.3) is 10.1 Å². The van der Waals surface area contributed by atoms with Crippen LogP contribution in [0.15, 0.2) is 41.9 Å². The highest BCUT2D eigenvalue weighted by molar-refractivity contribution is 7.17. The molecular formula is C13H13N3S. The molecule has 0 bridgehead atoms. The molecule has 0 fully saturated rings. The average Bonchev–Trinajstić information content (AvgIpc) is 3.01. The molecule has 0 spiro atoms. The summed E-state index contributed by atoms with van der Waals surface area (Å²) in [6.45, 7) is 0. The number of benzene rings is 1. The largest absolute Gasteiger partial charge is 0.308 e. The molecule has 86 valence electrons. The third-order valence-electron chi connectivity index (χ3n) is 2.94. The van der Waals surface area contributed by atoms with E-state index in [1.165, 1.54) is 15.6 Å². The highest BCUT2D eigenvalue weighted by Crippen LogP contribution is 2.32. The fourth-order valence-corrected chi connectivity index (χ4v) is 3.11. The molecule has 1 atom stereocenters. The van der Waals surface area contributed by atoms with Crippen LogP contribution < -0.4 is 5.32 Å². The van der Waals surface area contributed by atoms with Gasteiger partial charge in [0.25, 0.3) is 0 Å². The molecule has 3 rings (SSSR count). The van der Waals surface area contributed by atoms with Crippen molar-refractivity contribution in [1.29, 1.82) is 0 Å². The Hall–Kier alpha value is -1.65. The SMILES string of the molecule is CNC(c1ccn[nH]1)c1csc2ccccc12. The van der Waals surface area contributed by atoms with Gasteiger partial charge in [-0.3, -0.25) is 5.10 Å². The van der Waals surface area contributed by atoms with Gasteiger partial charge in [-0.2, -0.15) is 5.10 Å². The van der Waals surface area contributed by atoms with E-state index >= 15 is 0 Å². The molecule has 2 aromatic heterocycles. The molecule has 17 heavy (non-hydrogen) atoms. The maximum Gasteiger partial charge on any atom is 0.0757 e. The maximum absolute atomic E-state index is 4.02. The summed E-state index contributed by atoms with van der Waals surface area (Å²) in [7, 11) is 1.97. The van der Waals surface area contributed by atoms with Crippen LogP contribution in [0.4, 0.5) is 0 Å². The zero-order valence-corrected chi connectivity index (χ0v) is 10.3. The normalized spacial score (nSPS) is 13.0. The Bertz CT molecular complexity index is 612. The van der Waals surface area contributed by atoms with Crippen LogP contribution in [0.2, 0.25) is 0 Å². The van der Waals surface area contributed by atoms with Crippen molar-refractivity contribution in [2.75, 3.05) is 7.05 Å². The molecule has 1 unspecified atom stereocenters. The van der Waals surface area contributed by atoms with E-state index in [1.807, 2.05) is 13.1 Å². The number of aromatic amines is 1. The van der Waals surface area contributed by atoms with Gasteiger partial charge in [-0.05, 0) is 35.5 Å². The first-order valence-electron chi connectivity index (χ1n) is 5.53. The Balaban J connectivity index is 2.13. The van der Waals surface area contributed by atoms with Crippen LogP contribution in [-0.4, -0.2) is 17.2 Å². The standard InChI is InChI=1S/C13H13N3S/c1-14-13(11-6-7-15-16-11)10-8-17-12-5-3-2-4-9(10)12/h2-8,13-14H,1H3,(H,15,16). The predicted molar refractivity (Wildman–Crippen MR) is 71.3 cm³/mol. The minimum absolute atomic E-state index is 0.175. The van der Waals surface area contributed by atoms with Gasteiger partial charge in [0.05, 0.1) is 11.7 Å². The molecule has 1 aromatic carbocycles.